The fourth-order valence-electron chi connectivity index (χ4n) is 1.74. The van der Waals surface area contributed by atoms with E-state index in [1.165, 1.54) is 6.20 Å². The summed E-state index contributed by atoms with van der Waals surface area (Å²) in [5.41, 5.74) is 2.21. The lowest BCUT2D eigenvalue weighted by molar-refractivity contribution is 0.102. The quantitative estimate of drug-likeness (QED) is 0.765. The second kappa shape index (κ2) is 6.15. The van der Waals surface area contributed by atoms with Crippen molar-refractivity contribution in [1.29, 1.82) is 0 Å². The molecule has 1 aromatic heterocycles. The van der Waals surface area contributed by atoms with E-state index in [2.05, 4.69) is 15.3 Å². The van der Waals surface area contributed by atoms with Crippen molar-refractivity contribution >= 4 is 11.6 Å². The normalized spacial score (nSPS) is 10.4. The highest BCUT2D eigenvalue weighted by Gasteiger charge is 2.09. The van der Waals surface area contributed by atoms with Crippen LogP contribution in [-0.2, 0) is 12.8 Å². The van der Waals surface area contributed by atoms with Crippen LogP contribution >= 0.6 is 0 Å². The number of benzene rings is 1. The number of aryl methyl sites for hydroxylation is 1. The fraction of sp³-hybridized carbons (Fsp3) is 0.286. The molecule has 0 atom stereocenters. The van der Waals surface area contributed by atoms with Gasteiger partial charge >= 0.3 is 0 Å². The number of amides is 1. The van der Waals surface area contributed by atoms with Crippen LogP contribution in [0.4, 0.5) is 5.69 Å². The maximum atomic E-state index is 11.9. The molecule has 0 saturated carbocycles. The van der Waals surface area contributed by atoms with Crippen LogP contribution < -0.4 is 5.32 Å². The fourth-order valence-corrected chi connectivity index (χ4v) is 1.74. The number of nitrogens with zero attached hydrogens (tertiary/aromatic N) is 1. The van der Waals surface area contributed by atoms with E-state index in [0.717, 1.165) is 23.5 Å². The maximum absolute atomic E-state index is 11.9. The van der Waals surface area contributed by atoms with E-state index in [4.69, 9.17) is 5.11 Å². The minimum absolute atomic E-state index is 0.125. The van der Waals surface area contributed by atoms with Gasteiger partial charge in [0.1, 0.15) is 11.5 Å². The lowest BCUT2D eigenvalue weighted by Gasteiger charge is -2.04. The van der Waals surface area contributed by atoms with Crippen LogP contribution in [0.15, 0.2) is 30.5 Å². The molecular formula is C14H17N3O2. The molecule has 0 unspecified atom stereocenters. The van der Waals surface area contributed by atoms with Gasteiger partial charge in [0.2, 0.25) is 0 Å². The zero-order chi connectivity index (χ0) is 13.7. The molecule has 1 heterocycles. The van der Waals surface area contributed by atoms with E-state index in [9.17, 15) is 4.79 Å². The van der Waals surface area contributed by atoms with Crippen LogP contribution in [0.1, 0.15) is 28.8 Å². The highest BCUT2D eigenvalue weighted by atomic mass is 16.2. The van der Waals surface area contributed by atoms with Gasteiger partial charge in [0, 0.05) is 18.7 Å². The Bertz CT molecular complexity index is 546. The van der Waals surface area contributed by atoms with E-state index in [1.54, 1.807) is 0 Å². The van der Waals surface area contributed by atoms with Crippen LogP contribution in [0.5, 0.6) is 0 Å². The zero-order valence-corrected chi connectivity index (χ0v) is 10.8. The molecule has 0 bridgehead atoms. The predicted molar refractivity (Wildman–Crippen MR) is 73.2 cm³/mol. The highest BCUT2D eigenvalue weighted by Crippen LogP contribution is 2.11. The van der Waals surface area contributed by atoms with E-state index >= 15 is 0 Å². The first-order valence-corrected chi connectivity index (χ1v) is 6.28. The number of aliphatic hydroxyl groups is 1. The monoisotopic (exact) mass is 259 g/mol. The van der Waals surface area contributed by atoms with Crippen molar-refractivity contribution in [3.05, 3.63) is 47.5 Å². The van der Waals surface area contributed by atoms with Crippen LogP contribution in [0, 0.1) is 0 Å². The molecule has 2 rings (SSSR count). The van der Waals surface area contributed by atoms with E-state index < -0.39 is 0 Å². The molecule has 0 fully saturated rings. The summed E-state index contributed by atoms with van der Waals surface area (Å²) in [7, 11) is 0. The lowest BCUT2D eigenvalue weighted by atomic mass is 10.1. The van der Waals surface area contributed by atoms with E-state index in [0.29, 0.717) is 12.1 Å². The zero-order valence-electron chi connectivity index (χ0n) is 10.8. The number of aliphatic hydroxyl groups excluding tert-OH is 1. The first-order valence-electron chi connectivity index (χ1n) is 6.28. The van der Waals surface area contributed by atoms with Gasteiger partial charge in [0.25, 0.3) is 5.91 Å². The van der Waals surface area contributed by atoms with Crippen LogP contribution in [0.25, 0.3) is 0 Å². The summed E-state index contributed by atoms with van der Waals surface area (Å²) in [4.78, 5) is 19.0. The van der Waals surface area contributed by atoms with Gasteiger partial charge in [0.05, 0.1) is 6.20 Å². The Kier molecular flexibility index (Phi) is 4.30. The van der Waals surface area contributed by atoms with Crippen molar-refractivity contribution in [1.82, 2.24) is 9.97 Å². The third kappa shape index (κ3) is 3.42. The molecule has 1 amide bonds. The molecule has 0 aliphatic carbocycles. The summed E-state index contributed by atoms with van der Waals surface area (Å²) < 4.78 is 0. The SMILES string of the molecule is CCc1ncc(C(=O)Nc2ccc(CCO)cc2)[nH]1. The standard InChI is InChI=1S/C14H17N3O2/c1-2-13-15-9-12(17-13)14(19)16-11-5-3-10(4-6-11)7-8-18/h3-6,9,18H,2,7-8H2,1H3,(H,15,17)(H,16,19). The first-order chi connectivity index (χ1) is 9.22. The van der Waals surface area contributed by atoms with E-state index in [-0.39, 0.29) is 12.5 Å². The Morgan fingerprint density at radius 2 is 2.11 bits per heavy atom. The molecule has 2 aromatic rings. The number of carbonyl (C=O) groups excluding carboxylic acids is 1. The smallest absolute Gasteiger partial charge is 0.273 e. The van der Waals surface area contributed by atoms with Crippen molar-refractivity contribution < 1.29 is 9.90 Å². The number of hydrogen-bond donors (Lipinski definition) is 3. The van der Waals surface area contributed by atoms with Gasteiger partial charge in [0.15, 0.2) is 0 Å². The number of imidazole rings is 1. The number of anilines is 1. The third-order valence-electron chi connectivity index (χ3n) is 2.82. The van der Waals surface area contributed by atoms with Crippen LogP contribution in [0.3, 0.4) is 0 Å². The highest BCUT2D eigenvalue weighted by molar-refractivity contribution is 6.02. The van der Waals surface area contributed by atoms with Gasteiger partial charge < -0.3 is 15.4 Å². The van der Waals surface area contributed by atoms with Gasteiger partial charge in [-0.05, 0) is 24.1 Å². The number of aromatic nitrogens is 2. The van der Waals surface area contributed by atoms with Gasteiger partial charge in [-0.1, -0.05) is 19.1 Å². The second-order valence-corrected chi connectivity index (χ2v) is 4.22. The minimum atomic E-state index is -0.206. The molecule has 5 nitrogen and oxygen atoms in total. The average Bonchev–Trinajstić information content (AvgIpc) is 2.90. The van der Waals surface area contributed by atoms with E-state index in [1.807, 2.05) is 31.2 Å². The Labute approximate surface area is 111 Å². The Balaban J connectivity index is 2.01. The molecule has 3 N–H and O–H groups in total. The maximum Gasteiger partial charge on any atom is 0.273 e. The molecule has 19 heavy (non-hydrogen) atoms. The van der Waals surface area contributed by atoms with Gasteiger partial charge in [-0.3, -0.25) is 4.79 Å². The summed E-state index contributed by atoms with van der Waals surface area (Å²) in [6.07, 6.45) is 2.92. The van der Waals surface area contributed by atoms with Gasteiger partial charge in [-0.15, -0.1) is 0 Å². The number of aromatic amines is 1. The molecule has 0 saturated heterocycles. The second-order valence-electron chi connectivity index (χ2n) is 4.22. The molecular weight excluding hydrogens is 242 g/mol. The number of nitrogens with one attached hydrogen (secondary N) is 2. The number of carbonyl (C=O) groups is 1. The summed E-state index contributed by atoms with van der Waals surface area (Å²) >= 11 is 0. The molecule has 1 aromatic carbocycles. The molecule has 0 radical (unpaired) electrons. The van der Waals surface area contributed by atoms with Crippen LogP contribution in [0.2, 0.25) is 0 Å². The molecule has 5 heteroatoms. The Morgan fingerprint density at radius 3 is 2.68 bits per heavy atom. The third-order valence-corrected chi connectivity index (χ3v) is 2.82. The van der Waals surface area contributed by atoms with Gasteiger partial charge in [-0.25, -0.2) is 4.98 Å². The van der Waals surface area contributed by atoms with Gasteiger partial charge in [-0.2, -0.15) is 0 Å². The first kappa shape index (κ1) is 13.3. The number of hydrogen-bond acceptors (Lipinski definition) is 3. The molecule has 0 aliphatic rings. The molecule has 0 spiro atoms. The van der Waals surface area contributed by atoms with Crippen molar-refractivity contribution in [2.45, 2.75) is 19.8 Å². The summed E-state index contributed by atoms with van der Waals surface area (Å²) in [5, 5.41) is 11.6. The largest absolute Gasteiger partial charge is 0.396 e. The molecule has 100 valence electrons. The summed E-state index contributed by atoms with van der Waals surface area (Å²) in [6, 6.07) is 7.41. The van der Waals surface area contributed by atoms with Crippen molar-refractivity contribution in [3.63, 3.8) is 0 Å². The lowest BCUT2D eigenvalue weighted by Crippen LogP contribution is -2.12. The van der Waals surface area contributed by atoms with Crippen molar-refractivity contribution in [2.75, 3.05) is 11.9 Å². The van der Waals surface area contributed by atoms with Crippen LogP contribution in [-0.4, -0.2) is 27.6 Å². The Hall–Kier alpha value is -2.14. The topological polar surface area (TPSA) is 78.0 Å². The number of H-pyrrole nitrogens is 1. The molecule has 0 aliphatic heterocycles. The Morgan fingerprint density at radius 1 is 1.37 bits per heavy atom. The predicted octanol–water partition coefficient (Wildman–Crippen LogP) is 1.76. The number of rotatable bonds is 5. The van der Waals surface area contributed by atoms with Crippen molar-refractivity contribution in [3.8, 4) is 0 Å². The summed E-state index contributed by atoms with van der Waals surface area (Å²) in [6.45, 7) is 2.10. The van der Waals surface area contributed by atoms with Crippen molar-refractivity contribution in [2.24, 2.45) is 0 Å². The summed E-state index contributed by atoms with van der Waals surface area (Å²) in [5.74, 6) is 0.588. The average molecular weight is 259 g/mol. The minimum Gasteiger partial charge on any atom is -0.396 e.